The van der Waals surface area contributed by atoms with E-state index in [0.717, 1.165) is 5.69 Å². The molecular weight excluding hydrogens is 228 g/mol. The molecule has 0 radical (unpaired) electrons. The second-order valence-corrected chi connectivity index (χ2v) is 4.78. The van der Waals surface area contributed by atoms with Crippen molar-refractivity contribution in [1.82, 2.24) is 4.98 Å². The van der Waals surface area contributed by atoms with Gasteiger partial charge in [0.05, 0.1) is 4.92 Å². The predicted molar refractivity (Wildman–Crippen MR) is 61.7 cm³/mol. The first-order valence-electron chi connectivity index (χ1n) is 5.33. The summed E-state index contributed by atoms with van der Waals surface area (Å²) in [6.07, 6.45) is 3.09. The fraction of sp³-hybridized carbons (Fsp3) is 0.545. The Morgan fingerprint density at radius 2 is 2.31 bits per heavy atom. The lowest BCUT2D eigenvalue weighted by Gasteiger charge is -2.07. The molecule has 1 unspecified atom stereocenters. The summed E-state index contributed by atoms with van der Waals surface area (Å²) >= 11 is 6.19. The lowest BCUT2D eigenvalue weighted by molar-refractivity contribution is -0.385. The van der Waals surface area contributed by atoms with Crippen molar-refractivity contribution in [2.45, 2.75) is 31.6 Å². The number of hydrogen-bond acceptors (Lipinski definition) is 3. The zero-order valence-corrected chi connectivity index (χ0v) is 9.78. The zero-order chi connectivity index (χ0) is 11.7. The zero-order valence-electron chi connectivity index (χ0n) is 9.02. The van der Waals surface area contributed by atoms with Crippen molar-refractivity contribution in [1.29, 1.82) is 0 Å². The van der Waals surface area contributed by atoms with Crippen LogP contribution in [-0.2, 0) is 6.42 Å². The largest absolute Gasteiger partial charge is 0.290 e. The number of aromatic nitrogens is 1. The Hall–Kier alpha value is -1.16. The van der Waals surface area contributed by atoms with Crippen LogP contribution in [-0.4, -0.2) is 15.3 Å². The predicted octanol–water partition coefficient (Wildman–Crippen LogP) is 2.86. The van der Waals surface area contributed by atoms with Crippen molar-refractivity contribution in [3.05, 3.63) is 33.6 Å². The van der Waals surface area contributed by atoms with Crippen molar-refractivity contribution >= 4 is 17.3 Å². The maximum absolute atomic E-state index is 10.6. The molecule has 1 aromatic heterocycles. The van der Waals surface area contributed by atoms with E-state index in [2.05, 4.69) is 4.98 Å². The number of nitro groups is 1. The molecule has 0 aliphatic heterocycles. The number of alkyl halides is 1. The van der Waals surface area contributed by atoms with Gasteiger partial charge in [-0.2, -0.15) is 0 Å². The maximum atomic E-state index is 10.6. The highest BCUT2D eigenvalue weighted by atomic mass is 35.5. The number of rotatable bonds is 4. The number of aryl methyl sites for hydroxylation is 1. The Bertz CT molecular complexity index is 418. The Labute approximate surface area is 98.8 Å². The summed E-state index contributed by atoms with van der Waals surface area (Å²) in [6.45, 7) is 1.65. The van der Waals surface area contributed by atoms with Crippen molar-refractivity contribution < 1.29 is 4.92 Å². The van der Waals surface area contributed by atoms with Gasteiger partial charge < -0.3 is 0 Å². The topological polar surface area (TPSA) is 56.0 Å². The van der Waals surface area contributed by atoms with E-state index in [4.69, 9.17) is 11.6 Å². The van der Waals surface area contributed by atoms with Gasteiger partial charge in [0, 0.05) is 23.6 Å². The highest BCUT2D eigenvalue weighted by Crippen LogP contribution is 2.37. The van der Waals surface area contributed by atoms with Crippen LogP contribution in [0.3, 0.4) is 0 Å². The third-order valence-corrected chi connectivity index (χ3v) is 3.36. The number of halogens is 1. The average molecular weight is 241 g/mol. The van der Waals surface area contributed by atoms with Crippen molar-refractivity contribution in [2.75, 3.05) is 0 Å². The van der Waals surface area contributed by atoms with Gasteiger partial charge in [0.1, 0.15) is 5.69 Å². The molecule has 1 aromatic rings. The van der Waals surface area contributed by atoms with Gasteiger partial charge in [-0.25, -0.2) is 0 Å². The minimum Gasteiger partial charge on any atom is -0.258 e. The Morgan fingerprint density at radius 3 is 2.81 bits per heavy atom. The van der Waals surface area contributed by atoms with E-state index >= 15 is 0 Å². The normalized spacial score (nSPS) is 17.1. The van der Waals surface area contributed by atoms with Crippen LogP contribution in [0.4, 0.5) is 5.69 Å². The van der Waals surface area contributed by atoms with E-state index in [1.54, 1.807) is 13.0 Å². The molecule has 4 nitrogen and oxygen atoms in total. The Morgan fingerprint density at radius 1 is 1.62 bits per heavy atom. The van der Waals surface area contributed by atoms with Gasteiger partial charge in [-0.05, 0) is 31.7 Å². The molecular formula is C11H13ClN2O2. The smallest absolute Gasteiger partial charge is 0.258 e. The SMILES string of the molecule is Cc1nc(CC(Cl)C2CC2)ccc1[N+](=O)[O-]. The number of nitrogens with zero attached hydrogens (tertiary/aromatic N) is 2. The molecule has 0 N–H and O–H groups in total. The Kier molecular flexibility index (Phi) is 3.10. The van der Waals surface area contributed by atoms with Crippen LogP contribution in [0.25, 0.3) is 0 Å². The fourth-order valence-electron chi connectivity index (χ4n) is 1.74. The molecule has 1 heterocycles. The second kappa shape index (κ2) is 4.37. The quantitative estimate of drug-likeness (QED) is 0.462. The second-order valence-electron chi connectivity index (χ2n) is 4.22. The van der Waals surface area contributed by atoms with Crippen LogP contribution in [0.5, 0.6) is 0 Å². The van der Waals surface area contributed by atoms with Gasteiger partial charge in [-0.1, -0.05) is 0 Å². The third kappa shape index (κ3) is 2.50. The van der Waals surface area contributed by atoms with E-state index in [-0.39, 0.29) is 11.1 Å². The summed E-state index contributed by atoms with van der Waals surface area (Å²) in [5, 5.41) is 10.7. The molecule has 16 heavy (non-hydrogen) atoms. The van der Waals surface area contributed by atoms with E-state index in [1.807, 2.05) is 0 Å². The lowest BCUT2D eigenvalue weighted by atomic mass is 10.1. The molecule has 0 amide bonds. The summed E-state index contributed by atoms with van der Waals surface area (Å²) in [4.78, 5) is 14.4. The van der Waals surface area contributed by atoms with Crippen LogP contribution in [0.1, 0.15) is 24.2 Å². The Balaban J connectivity index is 2.10. The van der Waals surface area contributed by atoms with Crippen LogP contribution in [0.2, 0.25) is 0 Å². The van der Waals surface area contributed by atoms with Crippen molar-refractivity contribution in [2.24, 2.45) is 5.92 Å². The van der Waals surface area contributed by atoms with Gasteiger partial charge in [-0.15, -0.1) is 11.6 Å². The van der Waals surface area contributed by atoms with Crippen LogP contribution in [0.15, 0.2) is 12.1 Å². The van der Waals surface area contributed by atoms with Gasteiger partial charge in [-0.3, -0.25) is 15.1 Å². The maximum Gasteiger partial charge on any atom is 0.290 e. The molecule has 5 heteroatoms. The van der Waals surface area contributed by atoms with Gasteiger partial charge in [0.25, 0.3) is 5.69 Å². The van der Waals surface area contributed by atoms with Crippen molar-refractivity contribution in [3.8, 4) is 0 Å². The fourth-order valence-corrected chi connectivity index (χ4v) is 2.15. The third-order valence-electron chi connectivity index (χ3n) is 2.85. The summed E-state index contributed by atoms with van der Waals surface area (Å²) in [7, 11) is 0. The van der Waals surface area contributed by atoms with Gasteiger partial charge >= 0.3 is 0 Å². The summed E-state index contributed by atoms with van der Waals surface area (Å²) in [5.74, 6) is 0.610. The molecule has 0 aromatic carbocycles. The molecule has 2 rings (SSSR count). The first kappa shape index (κ1) is 11.3. The average Bonchev–Trinajstić information content (AvgIpc) is 2.99. The first-order chi connectivity index (χ1) is 7.58. The molecule has 1 atom stereocenters. The molecule has 86 valence electrons. The van der Waals surface area contributed by atoms with Crippen LogP contribution in [0, 0.1) is 23.0 Å². The van der Waals surface area contributed by atoms with Crippen molar-refractivity contribution in [3.63, 3.8) is 0 Å². The standard InChI is InChI=1S/C11H13ClN2O2/c1-7-11(14(15)16)5-4-9(13-7)6-10(12)8-2-3-8/h4-5,8,10H,2-3,6H2,1H3. The molecule has 1 fully saturated rings. The highest BCUT2D eigenvalue weighted by Gasteiger charge is 2.30. The summed E-state index contributed by atoms with van der Waals surface area (Å²) in [6, 6.07) is 3.21. The highest BCUT2D eigenvalue weighted by molar-refractivity contribution is 6.21. The lowest BCUT2D eigenvalue weighted by Crippen LogP contribution is -2.08. The van der Waals surface area contributed by atoms with Gasteiger partial charge in [0.15, 0.2) is 0 Å². The van der Waals surface area contributed by atoms with E-state index in [0.29, 0.717) is 18.0 Å². The molecule has 0 bridgehead atoms. The van der Waals surface area contributed by atoms with Crippen LogP contribution >= 0.6 is 11.6 Å². The minimum atomic E-state index is -0.412. The van der Waals surface area contributed by atoms with E-state index in [9.17, 15) is 10.1 Å². The molecule has 1 aliphatic rings. The van der Waals surface area contributed by atoms with Crippen LogP contribution < -0.4 is 0 Å². The first-order valence-corrected chi connectivity index (χ1v) is 5.76. The van der Waals surface area contributed by atoms with E-state index < -0.39 is 4.92 Å². The molecule has 1 aliphatic carbocycles. The molecule has 1 saturated carbocycles. The van der Waals surface area contributed by atoms with E-state index in [1.165, 1.54) is 18.9 Å². The summed E-state index contributed by atoms with van der Waals surface area (Å²) in [5.41, 5.74) is 1.37. The molecule has 0 spiro atoms. The number of hydrogen-bond donors (Lipinski definition) is 0. The summed E-state index contributed by atoms with van der Waals surface area (Å²) < 4.78 is 0. The van der Waals surface area contributed by atoms with Gasteiger partial charge in [0.2, 0.25) is 0 Å². The monoisotopic (exact) mass is 240 g/mol. The minimum absolute atomic E-state index is 0.0706. The molecule has 0 saturated heterocycles. The number of pyridine rings is 1.